The molecule has 5 nitrogen and oxygen atoms in total. The minimum absolute atomic E-state index is 0.0957. The van der Waals surface area contributed by atoms with Crippen LogP contribution in [0, 0.1) is 11.3 Å². The van der Waals surface area contributed by atoms with Gasteiger partial charge in [0.15, 0.2) is 11.5 Å². The van der Waals surface area contributed by atoms with Crippen LogP contribution < -0.4 is 15.2 Å². The SMILES string of the molecule is N#CC(=Cc1ccc2c(c1)OCCO2)C(N)=O. The fraction of sp³-hybridized carbons (Fsp3) is 0.167. The Morgan fingerprint density at radius 3 is 2.71 bits per heavy atom. The highest BCUT2D eigenvalue weighted by Crippen LogP contribution is 2.31. The van der Waals surface area contributed by atoms with Gasteiger partial charge in [0.05, 0.1) is 0 Å². The van der Waals surface area contributed by atoms with Crippen LogP contribution in [0.4, 0.5) is 0 Å². The van der Waals surface area contributed by atoms with Gasteiger partial charge in [-0.1, -0.05) is 6.07 Å². The average Bonchev–Trinajstić information content (AvgIpc) is 2.35. The van der Waals surface area contributed by atoms with E-state index in [1.165, 1.54) is 6.08 Å². The molecule has 0 aliphatic carbocycles. The van der Waals surface area contributed by atoms with E-state index in [1.807, 2.05) is 0 Å². The van der Waals surface area contributed by atoms with E-state index in [0.717, 1.165) is 0 Å². The number of amides is 1. The molecule has 0 fully saturated rings. The summed E-state index contributed by atoms with van der Waals surface area (Å²) in [6.07, 6.45) is 1.42. The van der Waals surface area contributed by atoms with Crippen molar-refractivity contribution in [1.29, 1.82) is 5.26 Å². The van der Waals surface area contributed by atoms with E-state index >= 15 is 0 Å². The summed E-state index contributed by atoms with van der Waals surface area (Å²) >= 11 is 0. The molecule has 0 spiro atoms. The fourth-order valence-corrected chi connectivity index (χ4v) is 1.47. The number of nitrogens with two attached hydrogens (primary N) is 1. The Morgan fingerprint density at radius 2 is 2.06 bits per heavy atom. The Labute approximate surface area is 98.0 Å². The summed E-state index contributed by atoms with van der Waals surface area (Å²) in [6, 6.07) is 6.91. The van der Waals surface area contributed by atoms with Gasteiger partial charge in [-0.2, -0.15) is 5.26 Å². The molecule has 1 aliphatic rings. The molecule has 86 valence electrons. The van der Waals surface area contributed by atoms with E-state index in [1.54, 1.807) is 24.3 Å². The monoisotopic (exact) mass is 230 g/mol. The minimum Gasteiger partial charge on any atom is -0.486 e. The van der Waals surface area contributed by atoms with Crippen molar-refractivity contribution in [3.8, 4) is 17.6 Å². The van der Waals surface area contributed by atoms with E-state index < -0.39 is 5.91 Å². The molecule has 0 saturated heterocycles. The first kappa shape index (κ1) is 11.0. The number of ether oxygens (including phenoxy) is 2. The molecular weight excluding hydrogens is 220 g/mol. The predicted octanol–water partition coefficient (Wildman–Crippen LogP) is 0.850. The van der Waals surface area contributed by atoms with Crippen LogP contribution >= 0.6 is 0 Å². The quantitative estimate of drug-likeness (QED) is 0.602. The van der Waals surface area contributed by atoms with Crippen molar-refractivity contribution >= 4 is 12.0 Å². The highest BCUT2D eigenvalue weighted by Gasteiger charge is 2.11. The van der Waals surface area contributed by atoms with Gasteiger partial charge in [0, 0.05) is 0 Å². The molecule has 0 aromatic heterocycles. The molecule has 0 radical (unpaired) electrons. The number of fused-ring (bicyclic) bond motifs is 1. The Hall–Kier alpha value is -2.48. The van der Waals surface area contributed by atoms with Gasteiger partial charge in [-0.15, -0.1) is 0 Å². The molecule has 1 aromatic rings. The van der Waals surface area contributed by atoms with Crippen molar-refractivity contribution in [2.75, 3.05) is 13.2 Å². The topological polar surface area (TPSA) is 85.3 Å². The second kappa shape index (κ2) is 4.58. The van der Waals surface area contributed by atoms with Crippen LogP contribution in [0.15, 0.2) is 23.8 Å². The van der Waals surface area contributed by atoms with Crippen molar-refractivity contribution < 1.29 is 14.3 Å². The van der Waals surface area contributed by atoms with Crippen molar-refractivity contribution in [2.45, 2.75) is 0 Å². The van der Waals surface area contributed by atoms with Crippen molar-refractivity contribution in [3.63, 3.8) is 0 Å². The Balaban J connectivity index is 2.35. The summed E-state index contributed by atoms with van der Waals surface area (Å²) < 4.78 is 10.7. The van der Waals surface area contributed by atoms with Gasteiger partial charge in [-0.25, -0.2) is 0 Å². The zero-order valence-electron chi connectivity index (χ0n) is 8.97. The summed E-state index contributed by atoms with van der Waals surface area (Å²) in [5, 5.41) is 8.72. The Bertz CT molecular complexity index is 529. The standard InChI is InChI=1S/C12H10N2O3/c13-7-9(12(14)15)5-8-1-2-10-11(6-8)17-4-3-16-10/h1-2,5-6H,3-4H2,(H2,14,15). The van der Waals surface area contributed by atoms with E-state index in [0.29, 0.717) is 30.3 Å². The Kier molecular flexibility index (Phi) is 2.97. The van der Waals surface area contributed by atoms with Crippen LogP contribution in [0.5, 0.6) is 11.5 Å². The smallest absolute Gasteiger partial charge is 0.259 e. The molecule has 17 heavy (non-hydrogen) atoms. The van der Waals surface area contributed by atoms with Gasteiger partial charge < -0.3 is 15.2 Å². The lowest BCUT2D eigenvalue weighted by Crippen LogP contribution is -2.15. The maximum atomic E-state index is 10.9. The van der Waals surface area contributed by atoms with Crippen molar-refractivity contribution in [1.82, 2.24) is 0 Å². The lowest BCUT2D eigenvalue weighted by atomic mass is 10.1. The number of nitriles is 1. The number of primary amides is 1. The van der Waals surface area contributed by atoms with Crippen molar-refractivity contribution in [2.24, 2.45) is 5.73 Å². The Morgan fingerprint density at radius 1 is 1.35 bits per heavy atom. The van der Waals surface area contributed by atoms with Crippen LogP contribution in [0.2, 0.25) is 0 Å². The fourth-order valence-electron chi connectivity index (χ4n) is 1.47. The van der Waals surface area contributed by atoms with Crippen LogP contribution in [0.1, 0.15) is 5.56 Å². The van der Waals surface area contributed by atoms with Crippen LogP contribution in [-0.2, 0) is 4.79 Å². The molecule has 0 bridgehead atoms. The summed E-state index contributed by atoms with van der Waals surface area (Å²) in [5.74, 6) is 0.514. The van der Waals surface area contributed by atoms with Gasteiger partial charge in [0.1, 0.15) is 24.9 Å². The third kappa shape index (κ3) is 2.37. The van der Waals surface area contributed by atoms with Crippen molar-refractivity contribution in [3.05, 3.63) is 29.3 Å². The number of benzene rings is 1. The molecular formula is C12H10N2O3. The summed E-state index contributed by atoms with van der Waals surface area (Å²) in [7, 11) is 0. The summed E-state index contributed by atoms with van der Waals surface area (Å²) in [4.78, 5) is 10.9. The summed E-state index contributed by atoms with van der Waals surface area (Å²) in [6.45, 7) is 1.01. The molecule has 0 atom stereocenters. The van der Waals surface area contributed by atoms with Gasteiger partial charge in [-0.3, -0.25) is 4.79 Å². The third-order valence-electron chi connectivity index (χ3n) is 2.26. The average molecular weight is 230 g/mol. The largest absolute Gasteiger partial charge is 0.486 e. The van der Waals surface area contributed by atoms with Crippen LogP contribution in [0.3, 0.4) is 0 Å². The van der Waals surface area contributed by atoms with Gasteiger partial charge in [-0.05, 0) is 23.8 Å². The van der Waals surface area contributed by atoms with Crippen LogP contribution in [0.25, 0.3) is 6.08 Å². The number of rotatable bonds is 2. The van der Waals surface area contributed by atoms with Crippen LogP contribution in [-0.4, -0.2) is 19.1 Å². The third-order valence-corrected chi connectivity index (χ3v) is 2.26. The second-order valence-electron chi connectivity index (χ2n) is 3.44. The minimum atomic E-state index is -0.748. The first-order valence-corrected chi connectivity index (χ1v) is 5.02. The highest BCUT2D eigenvalue weighted by molar-refractivity contribution is 6.00. The first-order valence-electron chi connectivity index (χ1n) is 5.02. The molecule has 1 aliphatic heterocycles. The van der Waals surface area contributed by atoms with Gasteiger partial charge in [0.2, 0.25) is 0 Å². The summed E-state index contributed by atoms with van der Waals surface area (Å²) in [5.41, 5.74) is 5.62. The first-order chi connectivity index (χ1) is 8.20. The molecule has 1 heterocycles. The van der Waals surface area contributed by atoms with E-state index in [-0.39, 0.29) is 5.57 Å². The number of hydrogen-bond acceptors (Lipinski definition) is 4. The lowest BCUT2D eigenvalue weighted by Gasteiger charge is -2.18. The predicted molar refractivity (Wildman–Crippen MR) is 60.2 cm³/mol. The zero-order chi connectivity index (χ0) is 12.3. The number of carbonyl (C=O) groups excluding carboxylic acids is 1. The van der Waals surface area contributed by atoms with E-state index in [2.05, 4.69) is 0 Å². The molecule has 0 unspecified atom stereocenters. The number of hydrogen-bond donors (Lipinski definition) is 1. The lowest BCUT2D eigenvalue weighted by molar-refractivity contribution is -0.114. The molecule has 0 saturated carbocycles. The van der Waals surface area contributed by atoms with E-state index in [9.17, 15) is 4.79 Å². The molecule has 2 N–H and O–H groups in total. The molecule has 5 heteroatoms. The molecule has 1 amide bonds. The molecule has 2 rings (SSSR count). The normalized spacial score (nSPS) is 13.9. The number of carbonyl (C=O) groups is 1. The number of nitrogens with zero attached hydrogens (tertiary/aromatic N) is 1. The maximum Gasteiger partial charge on any atom is 0.259 e. The van der Waals surface area contributed by atoms with E-state index in [4.69, 9.17) is 20.5 Å². The highest BCUT2D eigenvalue weighted by atomic mass is 16.6. The maximum absolute atomic E-state index is 10.9. The van der Waals surface area contributed by atoms with Gasteiger partial charge >= 0.3 is 0 Å². The van der Waals surface area contributed by atoms with Gasteiger partial charge in [0.25, 0.3) is 5.91 Å². The molecule has 1 aromatic carbocycles. The second-order valence-corrected chi connectivity index (χ2v) is 3.44. The zero-order valence-corrected chi connectivity index (χ0v) is 8.97.